The first kappa shape index (κ1) is 122. The Morgan fingerprint density at radius 2 is 0.678 bits per heavy atom. The molecule has 3 aliphatic heterocycles. The number of fused-ring (bicyclic) bond motifs is 3. The number of carbonyl (C=O) groups is 6. The number of nitrogen functional groups attached to an aromatic ring is 1. The zero-order valence-electron chi connectivity index (χ0n) is 89.1. The van der Waals surface area contributed by atoms with E-state index < -0.39 is 45.8 Å². The van der Waals surface area contributed by atoms with Gasteiger partial charge >= 0.3 is 0 Å². The maximum absolute atomic E-state index is 14.6. The number of unbranched alkanes of at least 4 members (excludes halogenated alkanes) is 6. The Hall–Kier alpha value is -10.1. The fourth-order valence-electron chi connectivity index (χ4n) is 16.3. The summed E-state index contributed by atoms with van der Waals surface area (Å²) in [5.74, 6) is -1.30. The maximum Gasteiger partial charge on any atom is 0.274 e. The number of aryl methyl sites for hydroxylation is 3. The van der Waals surface area contributed by atoms with Gasteiger partial charge in [0.15, 0.2) is 41.1 Å². The monoisotopic (exact) mass is 2130 g/mol. The van der Waals surface area contributed by atoms with Crippen LogP contribution < -0.4 is 5.73 Å². The topological polar surface area (TPSA) is 326 Å². The number of hydrogen-bond acceptors (Lipinski definition) is 17. The zero-order valence-corrected chi connectivity index (χ0v) is 94.4. The van der Waals surface area contributed by atoms with E-state index in [9.17, 15) is 54.1 Å². The summed E-state index contributed by atoms with van der Waals surface area (Å²) in [5, 5.41) is 48.2. The van der Waals surface area contributed by atoms with Gasteiger partial charge in [-0.25, -0.2) is 14.0 Å². The Kier molecular flexibility index (Phi) is 45.7. The minimum absolute atomic E-state index is 0. The number of carbonyl (C=O) groups excluding carboxylic acids is 6. The van der Waals surface area contributed by atoms with Crippen molar-refractivity contribution in [1.82, 2.24) is 58.7 Å². The maximum atomic E-state index is 14.6. The van der Waals surface area contributed by atoms with Gasteiger partial charge < -0.3 is 56.5 Å². The van der Waals surface area contributed by atoms with Crippen molar-refractivity contribution in [1.29, 1.82) is 0 Å². The number of nitrogens with zero attached hydrogens (tertiary/aromatic N) is 14. The molecule has 0 fully saturated rings. The Morgan fingerprint density at radius 1 is 0.427 bits per heavy atom. The van der Waals surface area contributed by atoms with Crippen molar-refractivity contribution in [3.63, 3.8) is 0 Å². The molecule has 3 aromatic heterocycles. The smallest absolute Gasteiger partial charge is 0.274 e. The Balaban J connectivity index is 0.000000313. The summed E-state index contributed by atoms with van der Waals surface area (Å²) in [5.41, 5.74) is 18.1. The SMILES string of the molecule is C.CC(C)(C)[Si](C)(C)Cl.CCCCN(CCCC)C(=O)c1cc(C)n(-c2ccc(N)cc2C(=O)N2Cc3ccccc3C[C@H]2CO[Si](C)(C)C(C)(C)C)n1.CCCCN(CCCC)C(=O)c1cc(C)n(-c2ccc([N+](=O)[O-])cc2C(=O)N2Cc3ccccc3C[C@H]2CO)n1.CCCCN(CCCC)C(=O)c1cc(C)n(-c2ccc([N+](=O)[O-])cc2C(=O)N2Cc3ccccc3C[C@H]2CO[Si](C)(C)C(C)(C)C)n1.[CH3-].[Pd]. The first-order valence-electron chi connectivity index (χ1n) is 50.2. The van der Waals surface area contributed by atoms with Gasteiger partial charge in [-0.15, -0.1) is 0 Å². The number of aromatic nitrogens is 6. The quantitative estimate of drug-likeness (QED) is 0.00920. The molecule has 0 spiro atoms. The third-order valence-electron chi connectivity index (χ3n) is 28.4. The van der Waals surface area contributed by atoms with E-state index in [1.165, 1.54) is 46.1 Å². The number of aliphatic hydroxyl groups is 1. The fourth-order valence-corrected chi connectivity index (χ4v) is 18.4. The van der Waals surface area contributed by atoms with Crippen molar-refractivity contribution < 1.29 is 73.0 Å². The molecule has 786 valence electrons. The van der Waals surface area contributed by atoms with E-state index in [1.54, 1.807) is 56.4 Å². The molecule has 0 radical (unpaired) electrons. The molecule has 3 atom stereocenters. The molecule has 6 aromatic carbocycles. The molecule has 0 saturated carbocycles. The van der Waals surface area contributed by atoms with Crippen LogP contribution in [0, 0.1) is 48.4 Å². The molecule has 0 unspecified atom stereocenters. The predicted molar refractivity (Wildman–Crippen MR) is 581 cm³/mol. The van der Waals surface area contributed by atoms with Gasteiger partial charge in [-0.1, -0.05) is 236 Å². The average Bonchev–Trinajstić information content (AvgIpc) is 1.74. The van der Waals surface area contributed by atoms with E-state index in [-0.39, 0.29) is 128 Å². The summed E-state index contributed by atoms with van der Waals surface area (Å²) in [6.45, 7) is 57.0. The van der Waals surface area contributed by atoms with Gasteiger partial charge in [-0.05, 0) is 202 Å². The Morgan fingerprint density at radius 3 is 0.930 bits per heavy atom. The minimum atomic E-state index is -2.13. The van der Waals surface area contributed by atoms with Crippen LogP contribution in [0.5, 0.6) is 0 Å². The van der Waals surface area contributed by atoms with Crippen LogP contribution in [-0.4, -0.2) is 210 Å². The number of nitrogens with two attached hydrogens (primary N) is 1. The van der Waals surface area contributed by atoms with Gasteiger partial charge in [0, 0.05) is 126 Å². The van der Waals surface area contributed by atoms with Crippen molar-refractivity contribution in [2.75, 3.05) is 64.8 Å². The normalized spacial score (nSPS) is 14.6. The Labute approximate surface area is 873 Å². The van der Waals surface area contributed by atoms with Gasteiger partial charge in [-0.2, -0.15) is 26.4 Å². The second-order valence-electron chi connectivity index (χ2n) is 42.2. The van der Waals surface area contributed by atoms with Crippen molar-refractivity contribution in [3.05, 3.63) is 257 Å². The first-order valence-corrected chi connectivity index (χ1v) is 60.1. The number of rotatable bonds is 36. The number of amides is 6. The number of anilines is 1. The van der Waals surface area contributed by atoms with Gasteiger partial charge in [-0.3, -0.25) is 49.0 Å². The van der Waals surface area contributed by atoms with Crippen LogP contribution in [-0.2, 0) is 68.2 Å². The van der Waals surface area contributed by atoms with Crippen LogP contribution in [0.1, 0.15) is 301 Å². The number of aliphatic hydroxyl groups excluding tert-OH is 1. The molecule has 6 amide bonds. The number of benzene rings is 6. The summed E-state index contributed by atoms with van der Waals surface area (Å²) < 4.78 is 18.1. The van der Waals surface area contributed by atoms with E-state index >= 15 is 0 Å². The molecule has 3 aliphatic rings. The summed E-state index contributed by atoms with van der Waals surface area (Å²) in [6.07, 6.45) is 13.2. The van der Waals surface area contributed by atoms with Crippen molar-refractivity contribution >= 4 is 87.6 Å². The van der Waals surface area contributed by atoms with E-state index in [4.69, 9.17) is 35.9 Å². The van der Waals surface area contributed by atoms with Crippen LogP contribution in [0.25, 0.3) is 17.1 Å². The van der Waals surface area contributed by atoms with Crippen molar-refractivity contribution in [3.8, 4) is 17.1 Å². The second-order valence-corrected chi connectivity index (χ2v) is 59.1. The fraction of sp³-hybridized carbons (Fsp3) is 0.527. The molecule has 6 heterocycles. The molecule has 33 heteroatoms. The molecule has 9 aromatic rings. The van der Waals surface area contributed by atoms with Crippen LogP contribution in [0.3, 0.4) is 0 Å². The Bertz CT molecular complexity index is 5740. The number of nitro benzene ring substituents is 2. The van der Waals surface area contributed by atoms with Crippen molar-refractivity contribution in [2.45, 2.75) is 321 Å². The summed E-state index contributed by atoms with van der Waals surface area (Å²) >= 11 is 6.15. The van der Waals surface area contributed by atoms with Gasteiger partial charge in [0.1, 0.15) is 0 Å². The third-order valence-corrected chi connectivity index (χ3v) is 42.6. The predicted octanol–water partition coefficient (Wildman–Crippen LogP) is 24.1. The average molecular weight is 2130 g/mol. The first-order chi connectivity index (χ1) is 66.0. The molecular formula is C110H163ClN15O13PdSi3-. The van der Waals surface area contributed by atoms with E-state index in [0.717, 1.165) is 111 Å². The number of hydrogen-bond donors (Lipinski definition) is 2. The van der Waals surface area contributed by atoms with Crippen LogP contribution in [0.4, 0.5) is 17.1 Å². The summed E-state index contributed by atoms with van der Waals surface area (Å²) in [7, 11) is -5.56. The number of non-ortho nitro benzene ring substituents is 2. The standard InChI is InChI=1S/C36H51N5O5Si.C36H53N5O3Si.C30H37N5O5.C6H15ClSi.CH4.CH3.Pd/c1-9-11-19-38(20-12-10-2)35(43)32-21-26(3)40(37-32)33-18-17-29(41(44)45)23-31(33)34(42)39-24-28-16-14-13-15-27(28)22-30(39)25-46-47(7,8)36(4,5)6;1-9-11-19-39(20-12-10-2)35(43)32-21-26(3)41(38-32)33-18-17-29(37)23-31(33)34(42)40-24-28-16-14-13-15-27(28)22-30(40)25-44-45(7,8)36(4,5)6;1-4-6-14-32(15-7-5-2)30(38)27-16-21(3)34(31-27)28-13-12-24(35(39)40)18-26(28)29(37)33-19-23-11-9-8-10-22(23)17-25(33)20-36;1-6(2,3)8(4,5)7;;;/h13-18,21,23,30H,9-12,19-20,22,24-25H2,1-8H3;13-18,21,23,30H,9-12,19-20,22,24-25,37H2,1-8H3;8-13,16,18,25,36H,4-7,14-15,17,19-20H2,1-3H3;1-5H3;1H4;1H3;/q;;;;;-1;/t2*30-;25-;;;;/m000..../s1. The third kappa shape index (κ3) is 31.2. The van der Waals surface area contributed by atoms with E-state index in [1.807, 2.05) is 94.1 Å². The van der Waals surface area contributed by atoms with Gasteiger partial charge in [0.2, 0.25) is 0 Å². The van der Waals surface area contributed by atoms with E-state index in [2.05, 4.69) is 173 Å². The van der Waals surface area contributed by atoms with Gasteiger partial charge in [0.25, 0.3) is 46.8 Å². The van der Waals surface area contributed by atoms with Gasteiger partial charge in [0.05, 0.1) is 81.5 Å². The molecule has 28 nitrogen and oxygen atoms in total. The van der Waals surface area contributed by atoms with Crippen LogP contribution in [0.15, 0.2) is 146 Å². The number of nitro groups is 2. The molecular weight excluding hydrogens is 1970 g/mol. The van der Waals surface area contributed by atoms with Crippen molar-refractivity contribution in [2.24, 2.45) is 0 Å². The molecule has 3 N–H and O–H groups in total. The number of halogens is 1. The van der Waals surface area contributed by atoms with Crippen LogP contribution in [0.2, 0.25) is 54.4 Å². The molecule has 0 aliphatic carbocycles. The largest absolute Gasteiger partial charge is 0.415 e. The molecule has 12 rings (SSSR count). The second kappa shape index (κ2) is 53.8. The zero-order chi connectivity index (χ0) is 103. The molecule has 0 bridgehead atoms. The molecule has 143 heavy (non-hydrogen) atoms. The minimum Gasteiger partial charge on any atom is -0.415 e. The van der Waals surface area contributed by atoms with Crippen LogP contribution >= 0.6 is 11.1 Å². The summed E-state index contributed by atoms with van der Waals surface area (Å²) in [6, 6.07) is 42.2. The summed E-state index contributed by atoms with van der Waals surface area (Å²) in [4.78, 5) is 117. The molecule has 0 saturated heterocycles. The van der Waals surface area contributed by atoms with E-state index in [0.29, 0.717) is 135 Å².